The molecule has 4 heteroatoms. The van der Waals surface area contributed by atoms with E-state index in [0.29, 0.717) is 0 Å². The molecule has 0 saturated heterocycles. The Balaban J connectivity index is 1.95. The quantitative estimate of drug-likeness (QED) is 0.716. The van der Waals surface area contributed by atoms with Gasteiger partial charge in [0.2, 0.25) is 5.91 Å². The van der Waals surface area contributed by atoms with Crippen LogP contribution in [0.4, 0.5) is 0 Å². The van der Waals surface area contributed by atoms with Crippen LogP contribution in [0.25, 0.3) is 23.4 Å². The zero-order valence-electron chi connectivity index (χ0n) is 13.6. The van der Waals surface area contributed by atoms with Gasteiger partial charge >= 0.3 is 0 Å². The minimum Gasteiger partial charge on any atom is -0.497 e. The van der Waals surface area contributed by atoms with Crippen molar-refractivity contribution >= 4 is 18.1 Å². The number of hydrogen-bond donors (Lipinski definition) is 0. The Morgan fingerprint density at radius 1 is 1.04 bits per heavy atom. The van der Waals surface area contributed by atoms with E-state index in [1.54, 1.807) is 7.11 Å². The lowest BCUT2D eigenvalue weighted by atomic mass is 10.1. The van der Waals surface area contributed by atoms with Gasteiger partial charge < -0.3 is 4.74 Å². The lowest BCUT2D eigenvalue weighted by Crippen LogP contribution is -2.09. The van der Waals surface area contributed by atoms with Gasteiger partial charge in [0.1, 0.15) is 5.75 Å². The summed E-state index contributed by atoms with van der Waals surface area (Å²) in [5.41, 5.74) is 3.50. The highest BCUT2D eigenvalue weighted by Gasteiger charge is 2.10. The van der Waals surface area contributed by atoms with Crippen LogP contribution in [0.5, 0.6) is 5.75 Å². The van der Waals surface area contributed by atoms with Gasteiger partial charge in [0.25, 0.3) is 0 Å². The number of nitrogens with zero attached hydrogens (tertiary/aromatic N) is 2. The van der Waals surface area contributed by atoms with Gasteiger partial charge in [0.05, 0.1) is 18.5 Å². The van der Waals surface area contributed by atoms with Crippen LogP contribution in [0.15, 0.2) is 60.7 Å². The van der Waals surface area contributed by atoms with Crippen molar-refractivity contribution in [1.82, 2.24) is 9.78 Å². The average molecular weight is 318 g/mol. The second kappa shape index (κ2) is 6.96. The number of rotatable bonds is 4. The first-order valence-electron chi connectivity index (χ1n) is 7.66. The molecule has 0 bridgehead atoms. The van der Waals surface area contributed by atoms with E-state index in [1.165, 1.54) is 11.6 Å². The third-order valence-corrected chi connectivity index (χ3v) is 3.67. The van der Waals surface area contributed by atoms with E-state index in [0.717, 1.165) is 28.3 Å². The maximum atomic E-state index is 11.9. The van der Waals surface area contributed by atoms with Crippen molar-refractivity contribution in [2.24, 2.45) is 0 Å². The number of hydrogen-bond acceptors (Lipinski definition) is 3. The molecule has 120 valence electrons. The Hall–Kier alpha value is -3.14. The second-order valence-corrected chi connectivity index (χ2v) is 5.36. The van der Waals surface area contributed by atoms with E-state index in [4.69, 9.17) is 4.74 Å². The summed E-state index contributed by atoms with van der Waals surface area (Å²) < 4.78 is 6.58. The van der Waals surface area contributed by atoms with Gasteiger partial charge in [0.15, 0.2) is 0 Å². The molecule has 4 nitrogen and oxygen atoms in total. The van der Waals surface area contributed by atoms with Crippen LogP contribution in [0.2, 0.25) is 0 Å². The summed E-state index contributed by atoms with van der Waals surface area (Å²) in [6.45, 7) is 1.50. The smallest absolute Gasteiger partial charge is 0.244 e. The topological polar surface area (TPSA) is 44.1 Å². The Labute approximate surface area is 141 Å². The van der Waals surface area contributed by atoms with Crippen molar-refractivity contribution in [2.45, 2.75) is 6.92 Å². The van der Waals surface area contributed by atoms with Crippen LogP contribution in [-0.2, 0) is 0 Å². The van der Waals surface area contributed by atoms with Crippen molar-refractivity contribution < 1.29 is 9.53 Å². The molecular weight excluding hydrogens is 300 g/mol. The fourth-order valence-corrected chi connectivity index (χ4v) is 2.42. The summed E-state index contributed by atoms with van der Waals surface area (Å²) in [7, 11) is 1.63. The van der Waals surface area contributed by atoms with Gasteiger partial charge in [-0.05, 0) is 42.0 Å². The van der Waals surface area contributed by atoms with Crippen molar-refractivity contribution in [2.75, 3.05) is 7.11 Å². The monoisotopic (exact) mass is 318 g/mol. The predicted octanol–water partition coefficient (Wildman–Crippen LogP) is 4.39. The molecule has 0 saturated carbocycles. The van der Waals surface area contributed by atoms with Gasteiger partial charge in [-0.15, -0.1) is 0 Å². The summed E-state index contributed by atoms with van der Waals surface area (Å²) in [4.78, 5) is 11.9. The normalized spacial score (nSPS) is 10.9. The summed E-state index contributed by atoms with van der Waals surface area (Å²) in [5.74, 6) is 0.663. The van der Waals surface area contributed by atoms with Crippen LogP contribution < -0.4 is 4.74 Å². The molecule has 0 aliphatic heterocycles. The fraction of sp³-hybridized carbons (Fsp3) is 0.100. The Morgan fingerprint density at radius 2 is 1.75 bits per heavy atom. The molecular formula is C20H18N2O2. The lowest BCUT2D eigenvalue weighted by Gasteiger charge is -2.00. The largest absolute Gasteiger partial charge is 0.497 e. The van der Waals surface area contributed by atoms with Gasteiger partial charge in [-0.2, -0.15) is 5.10 Å². The second-order valence-electron chi connectivity index (χ2n) is 5.36. The first kappa shape index (κ1) is 15.7. The number of carbonyl (C=O) groups excluding carboxylic acids is 1. The number of methoxy groups -OCH3 is 1. The lowest BCUT2D eigenvalue weighted by molar-refractivity contribution is 0.0921. The van der Waals surface area contributed by atoms with E-state index in [2.05, 4.69) is 5.10 Å². The van der Waals surface area contributed by atoms with Crippen LogP contribution in [-0.4, -0.2) is 22.8 Å². The van der Waals surface area contributed by atoms with E-state index >= 15 is 0 Å². The van der Waals surface area contributed by atoms with Crippen molar-refractivity contribution in [3.63, 3.8) is 0 Å². The summed E-state index contributed by atoms with van der Waals surface area (Å²) in [6, 6.07) is 19.5. The molecule has 0 spiro atoms. The summed E-state index contributed by atoms with van der Waals surface area (Å²) in [6.07, 6.45) is 3.87. The fourth-order valence-electron chi connectivity index (χ4n) is 2.42. The van der Waals surface area contributed by atoms with Gasteiger partial charge in [0, 0.05) is 12.5 Å². The molecule has 3 rings (SSSR count). The average Bonchev–Trinajstić information content (AvgIpc) is 3.05. The molecule has 1 aromatic heterocycles. The minimum absolute atomic E-state index is 0.123. The first-order chi connectivity index (χ1) is 11.7. The Kier molecular flexibility index (Phi) is 4.57. The number of ether oxygens (including phenoxy) is 1. The van der Waals surface area contributed by atoms with Crippen LogP contribution in [0, 0.1) is 0 Å². The molecule has 0 atom stereocenters. The molecule has 0 amide bonds. The van der Waals surface area contributed by atoms with Crippen LogP contribution in [0.3, 0.4) is 0 Å². The molecule has 0 N–H and O–H groups in total. The highest BCUT2D eigenvalue weighted by Crippen LogP contribution is 2.23. The minimum atomic E-state index is -0.123. The molecule has 0 unspecified atom stereocenters. The van der Waals surface area contributed by atoms with E-state index in [9.17, 15) is 4.79 Å². The molecule has 0 fully saturated rings. The van der Waals surface area contributed by atoms with Gasteiger partial charge in [-0.1, -0.05) is 36.4 Å². The SMILES string of the molecule is COc1ccc(-c2cc(/C=C/c3ccccc3)n(C(C)=O)n2)cc1. The van der Waals surface area contributed by atoms with Gasteiger partial charge in [-0.3, -0.25) is 4.79 Å². The number of aromatic nitrogens is 2. The first-order valence-corrected chi connectivity index (χ1v) is 7.66. The zero-order chi connectivity index (χ0) is 16.9. The Bertz CT molecular complexity index is 862. The molecule has 0 aliphatic rings. The van der Waals surface area contributed by atoms with E-state index in [1.807, 2.05) is 72.8 Å². The molecule has 3 aromatic rings. The van der Waals surface area contributed by atoms with Crippen molar-refractivity contribution in [3.8, 4) is 17.0 Å². The van der Waals surface area contributed by atoms with Crippen LogP contribution >= 0.6 is 0 Å². The number of benzene rings is 2. The highest BCUT2D eigenvalue weighted by atomic mass is 16.5. The van der Waals surface area contributed by atoms with Crippen molar-refractivity contribution in [1.29, 1.82) is 0 Å². The molecule has 1 heterocycles. The maximum Gasteiger partial charge on any atom is 0.244 e. The molecule has 2 aromatic carbocycles. The highest BCUT2D eigenvalue weighted by molar-refractivity contribution is 5.82. The van der Waals surface area contributed by atoms with E-state index < -0.39 is 0 Å². The summed E-state index contributed by atoms with van der Waals surface area (Å²) >= 11 is 0. The van der Waals surface area contributed by atoms with Crippen molar-refractivity contribution in [3.05, 3.63) is 71.9 Å². The molecule has 0 radical (unpaired) electrons. The van der Waals surface area contributed by atoms with E-state index in [-0.39, 0.29) is 5.91 Å². The number of carbonyl (C=O) groups is 1. The Morgan fingerprint density at radius 3 is 2.38 bits per heavy atom. The summed E-state index contributed by atoms with van der Waals surface area (Å²) in [5, 5.41) is 4.42. The maximum absolute atomic E-state index is 11.9. The van der Waals surface area contributed by atoms with Crippen LogP contribution in [0.1, 0.15) is 23.0 Å². The molecule has 0 aliphatic carbocycles. The standard InChI is InChI=1S/C20H18N2O2/c1-15(23)22-18(11-8-16-6-4-3-5-7-16)14-20(21-22)17-9-12-19(24-2)13-10-17/h3-14H,1-2H3/b11-8+. The third kappa shape index (κ3) is 3.43. The van der Waals surface area contributed by atoms with Gasteiger partial charge in [-0.25, -0.2) is 4.68 Å². The predicted molar refractivity (Wildman–Crippen MR) is 95.9 cm³/mol. The molecule has 24 heavy (non-hydrogen) atoms. The zero-order valence-corrected chi connectivity index (χ0v) is 13.6. The third-order valence-electron chi connectivity index (χ3n) is 3.67.